The Labute approximate surface area is 107 Å². The predicted octanol–water partition coefficient (Wildman–Crippen LogP) is 2.89. The molecule has 2 aromatic rings. The van der Waals surface area contributed by atoms with Crippen molar-refractivity contribution in [1.29, 1.82) is 0 Å². The first-order valence-electron chi connectivity index (χ1n) is 6.57. The zero-order valence-corrected chi connectivity index (χ0v) is 10.6. The lowest BCUT2D eigenvalue weighted by Gasteiger charge is -2.27. The van der Waals surface area contributed by atoms with Gasteiger partial charge in [-0.15, -0.1) is 0 Å². The first-order valence-corrected chi connectivity index (χ1v) is 6.57. The number of nitrogens with one attached hydrogen (secondary N) is 1. The molecule has 0 unspecified atom stereocenters. The number of para-hydroxylation sites is 1. The van der Waals surface area contributed by atoms with Gasteiger partial charge in [0.2, 0.25) is 0 Å². The molecule has 0 bridgehead atoms. The molecular formula is C15H18N2O. The molecule has 1 N–H and O–H groups in total. The molecule has 3 nitrogen and oxygen atoms in total. The van der Waals surface area contributed by atoms with Crippen LogP contribution in [0.3, 0.4) is 0 Å². The number of aromatic nitrogens is 1. The summed E-state index contributed by atoms with van der Waals surface area (Å²) >= 11 is 0. The van der Waals surface area contributed by atoms with Gasteiger partial charge in [-0.2, -0.15) is 0 Å². The molecule has 1 fully saturated rings. The molecule has 0 radical (unpaired) electrons. The number of pyridine rings is 1. The lowest BCUT2D eigenvalue weighted by molar-refractivity contribution is 0.122. The van der Waals surface area contributed by atoms with Crippen molar-refractivity contribution >= 4 is 10.9 Å². The van der Waals surface area contributed by atoms with Crippen molar-refractivity contribution in [2.24, 2.45) is 0 Å². The molecule has 1 aliphatic rings. The van der Waals surface area contributed by atoms with Gasteiger partial charge in [0.25, 0.3) is 0 Å². The summed E-state index contributed by atoms with van der Waals surface area (Å²) in [5.41, 5.74) is 2.05. The fourth-order valence-electron chi connectivity index (χ4n) is 2.23. The highest BCUT2D eigenvalue weighted by atomic mass is 16.5. The van der Waals surface area contributed by atoms with Gasteiger partial charge in [0.15, 0.2) is 0 Å². The third kappa shape index (κ3) is 2.18. The summed E-state index contributed by atoms with van der Waals surface area (Å²) in [5.74, 6) is 0.982. The minimum atomic E-state index is 0.401. The highest BCUT2D eigenvalue weighted by molar-refractivity contribution is 5.85. The maximum Gasteiger partial charge on any atom is 0.130 e. The van der Waals surface area contributed by atoms with Gasteiger partial charge in [0, 0.05) is 18.0 Å². The van der Waals surface area contributed by atoms with Gasteiger partial charge >= 0.3 is 0 Å². The number of hydrogen-bond donors (Lipinski definition) is 1. The fraction of sp³-hybridized carbons (Fsp3) is 0.400. The van der Waals surface area contributed by atoms with Crippen LogP contribution in [0, 0.1) is 0 Å². The van der Waals surface area contributed by atoms with E-state index in [9.17, 15) is 0 Å². The summed E-state index contributed by atoms with van der Waals surface area (Å²) < 4.78 is 6.08. The number of benzene rings is 1. The summed E-state index contributed by atoms with van der Waals surface area (Å²) in [5, 5.41) is 4.25. The number of nitrogens with zero attached hydrogens (tertiary/aromatic N) is 1. The molecule has 3 heteroatoms. The molecule has 1 heterocycles. The van der Waals surface area contributed by atoms with Gasteiger partial charge in [-0.1, -0.05) is 12.1 Å². The standard InChI is InChI=1S/C15H18N2O/c1-16-10-11-9-15(18-12-5-4-6-12)13-7-2-3-8-14(13)17-11/h2-3,7-9,12,16H,4-6,10H2,1H3. The van der Waals surface area contributed by atoms with Crippen LogP contribution < -0.4 is 10.1 Å². The number of fused-ring (bicyclic) bond motifs is 1. The molecule has 0 atom stereocenters. The second-order valence-corrected chi connectivity index (χ2v) is 4.83. The largest absolute Gasteiger partial charge is 0.490 e. The van der Waals surface area contributed by atoms with Crippen LogP contribution in [-0.4, -0.2) is 18.1 Å². The Morgan fingerprint density at radius 2 is 2.17 bits per heavy atom. The second kappa shape index (κ2) is 4.94. The zero-order valence-electron chi connectivity index (χ0n) is 10.6. The van der Waals surface area contributed by atoms with Crippen LogP contribution in [-0.2, 0) is 6.54 Å². The highest BCUT2D eigenvalue weighted by Crippen LogP contribution is 2.30. The van der Waals surface area contributed by atoms with Gasteiger partial charge in [-0.05, 0) is 38.4 Å². The van der Waals surface area contributed by atoms with Crippen molar-refractivity contribution in [2.75, 3.05) is 7.05 Å². The minimum absolute atomic E-state index is 0.401. The van der Waals surface area contributed by atoms with Gasteiger partial charge < -0.3 is 10.1 Å². The maximum atomic E-state index is 6.08. The van der Waals surface area contributed by atoms with Crippen LogP contribution in [0.1, 0.15) is 25.0 Å². The Balaban J connectivity index is 2.01. The monoisotopic (exact) mass is 242 g/mol. The van der Waals surface area contributed by atoms with Gasteiger partial charge in [0.1, 0.15) is 5.75 Å². The van der Waals surface area contributed by atoms with Crippen molar-refractivity contribution in [3.63, 3.8) is 0 Å². The van der Waals surface area contributed by atoms with Crippen LogP contribution in [0.5, 0.6) is 5.75 Å². The number of ether oxygens (including phenoxy) is 1. The molecule has 0 spiro atoms. The molecule has 1 saturated carbocycles. The zero-order chi connectivity index (χ0) is 12.4. The minimum Gasteiger partial charge on any atom is -0.490 e. The lowest BCUT2D eigenvalue weighted by Crippen LogP contribution is -2.24. The van der Waals surface area contributed by atoms with Crippen LogP contribution in [0.4, 0.5) is 0 Å². The Morgan fingerprint density at radius 1 is 1.33 bits per heavy atom. The molecule has 0 aliphatic heterocycles. The third-order valence-electron chi connectivity index (χ3n) is 3.44. The average Bonchev–Trinajstić information content (AvgIpc) is 2.34. The molecule has 3 rings (SSSR count). The SMILES string of the molecule is CNCc1cc(OC2CCC2)c2ccccc2n1. The van der Waals surface area contributed by atoms with Crippen molar-refractivity contribution < 1.29 is 4.74 Å². The molecule has 1 aliphatic carbocycles. The van der Waals surface area contributed by atoms with E-state index in [0.29, 0.717) is 6.10 Å². The Hall–Kier alpha value is -1.61. The summed E-state index contributed by atoms with van der Waals surface area (Å²) in [6, 6.07) is 10.2. The van der Waals surface area contributed by atoms with Gasteiger partial charge in [0.05, 0.1) is 17.3 Å². The van der Waals surface area contributed by atoms with E-state index in [1.54, 1.807) is 0 Å². The van der Waals surface area contributed by atoms with Crippen molar-refractivity contribution in [2.45, 2.75) is 31.9 Å². The van der Waals surface area contributed by atoms with E-state index in [4.69, 9.17) is 4.74 Å². The molecule has 0 amide bonds. The Morgan fingerprint density at radius 3 is 2.89 bits per heavy atom. The van der Waals surface area contributed by atoms with Crippen LogP contribution >= 0.6 is 0 Å². The van der Waals surface area contributed by atoms with Crippen LogP contribution in [0.2, 0.25) is 0 Å². The van der Waals surface area contributed by atoms with E-state index in [0.717, 1.165) is 28.9 Å². The van der Waals surface area contributed by atoms with E-state index in [2.05, 4.69) is 22.4 Å². The quantitative estimate of drug-likeness (QED) is 0.895. The van der Waals surface area contributed by atoms with E-state index < -0.39 is 0 Å². The normalized spacial score (nSPS) is 15.6. The third-order valence-corrected chi connectivity index (χ3v) is 3.44. The second-order valence-electron chi connectivity index (χ2n) is 4.83. The first kappa shape index (κ1) is 11.5. The maximum absolute atomic E-state index is 6.08. The van der Waals surface area contributed by atoms with Gasteiger partial charge in [-0.3, -0.25) is 4.98 Å². The smallest absolute Gasteiger partial charge is 0.130 e. The van der Waals surface area contributed by atoms with Gasteiger partial charge in [-0.25, -0.2) is 0 Å². The van der Waals surface area contributed by atoms with Crippen molar-refractivity contribution in [3.8, 4) is 5.75 Å². The van der Waals surface area contributed by atoms with E-state index in [-0.39, 0.29) is 0 Å². The topological polar surface area (TPSA) is 34.1 Å². The summed E-state index contributed by atoms with van der Waals surface area (Å²) in [6.45, 7) is 0.770. The molecule has 1 aromatic carbocycles. The van der Waals surface area contributed by atoms with E-state index >= 15 is 0 Å². The molecular weight excluding hydrogens is 224 g/mol. The summed E-state index contributed by atoms with van der Waals surface area (Å²) in [4.78, 5) is 4.63. The van der Waals surface area contributed by atoms with Crippen LogP contribution in [0.25, 0.3) is 10.9 Å². The number of rotatable bonds is 4. The predicted molar refractivity (Wildman–Crippen MR) is 72.8 cm³/mol. The fourth-order valence-corrected chi connectivity index (χ4v) is 2.23. The Kier molecular flexibility index (Phi) is 3.15. The lowest BCUT2D eigenvalue weighted by atomic mass is 9.96. The number of hydrogen-bond acceptors (Lipinski definition) is 3. The summed E-state index contributed by atoms with van der Waals surface area (Å²) in [6.07, 6.45) is 4.05. The molecule has 94 valence electrons. The summed E-state index contributed by atoms with van der Waals surface area (Å²) in [7, 11) is 1.93. The van der Waals surface area contributed by atoms with Crippen molar-refractivity contribution in [1.82, 2.24) is 10.3 Å². The Bertz CT molecular complexity index is 549. The van der Waals surface area contributed by atoms with E-state index in [1.165, 1.54) is 19.3 Å². The van der Waals surface area contributed by atoms with Crippen molar-refractivity contribution in [3.05, 3.63) is 36.0 Å². The van der Waals surface area contributed by atoms with Crippen LogP contribution in [0.15, 0.2) is 30.3 Å². The van der Waals surface area contributed by atoms with E-state index in [1.807, 2.05) is 25.2 Å². The average molecular weight is 242 g/mol. The molecule has 18 heavy (non-hydrogen) atoms. The highest BCUT2D eigenvalue weighted by Gasteiger charge is 2.20. The molecule has 0 saturated heterocycles. The first-order chi connectivity index (χ1) is 8.86. The molecule has 1 aromatic heterocycles.